The quantitative estimate of drug-likeness (QED) is 0.583. The van der Waals surface area contributed by atoms with E-state index < -0.39 is 23.3 Å². The molecule has 1 saturated carbocycles. The molecule has 7 nitrogen and oxygen atoms in total. The average molecular weight is 271 g/mol. The van der Waals surface area contributed by atoms with E-state index in [1.54, 1.807) is 0 Å². The van der Waals surface area contributed by atoms with Crippen molar-refractivity contribution in [3.8, 4) is 0 Å². The van der Waals surface area contributed by atoms with Crippen LogP contribution in [0.3, 0.4) is 0 Å². The van der Waals surface area contributed by atoms with Gasteiger partial charge in [0, 0.05) is 13.1 Å². The van der Waals surface area contributed by atoms with Gasteiger partial charge in [-0.1, -0.05) is 13.3 Å². The topological polar surface area (TPSA) is 113 Å². The van der Waals surface area contributed by atoms with Crippen LogP contribution in [0.1, 0.15) is 32.6 Å². The third-order valence-electron chi connectivity index (χ3n) is 3.30. The molecule has 0 aromatic carbocycles. The van der Waals surface area contributed by atoms with Crippen LogP contribution in [-0.2, 0) is 9.59 Å². The highest BCUT2D eigenvalue weighted by atomic mass is 16.4. The monoisotopic (exact) mass is 271 g/mol. The number of carboxylic acids is 1. The molecule has 0 unspecified atom stereocenters. The number of urea groups is 1. The maximum atomic E-state index is 11.9. The Morgan fingerprint density at radius 1 is 1.37 bits per heavy atom. The van der Waals surface area contributed by atoms with Crippen molar-refractivity contribution in [2.75, 3.05) is 19.6 Å². The van der Waals surface area contributed by atoms with Crippen molar-refractivity contribution >= 4 is 17.9 Å². The van der Waals surface area contributed by atoms with E-state index in [4.69, 9.17) is 10.8 Å². The number of nitrogens with zero attached hydrogens (tertiary/aromatic N) is 1. The van der Waals surface area contributed by atoms with Crippen molar-refractivity contribution in [1.82, 2.24) is 10.2 Å². The number of carbonyl (C=O) groups is 3. The SMILES string of the molecule is CCCCN(CC(N)=O)C(=O)NCC1(C(=O)O)CC1. The fourth-order valence-corrected chi connectivity index (χ4v) is 1.76. The minimum absolute atomic E-state index is 0.0998. The normalized spacial score (nSPS) is 15.6. The van der Waals surface area contributed by atoms with E-state index >= 15 is 0 Å². The number of aliphatic carboxylic acids is 1. The lowest BCUT2D eigenvalue weighted by atomic mass is 10.1. The minimum atomic E-state index is -0.886. The molecule has 0 atom stereocenters. The van der Waals surface area contributed by atoms with E-state index in [-0.39, 0.29) is 13.1 Å². The lowest BCUT2D eigenvalue weighted by Gasteiger charge is -2.22. The summed E-state index contributed by atoms with van der Waals surface area (Å²) < 4.78 is 0. The summed E-state index contributed by atoms with van der Waals surface area (Å²) in [6.07, 6.45) is 2.81. The van der Waals surface area contributed by atoms with Crippen LogP contribution in [-0.4, -0.2) is 47.5 Å². The van der Waals surface area contributed by atoms with Crippen LogP contribution in [0.5, 0.6) is 0 Å². The Morgan fingerprint density at radius 3 is 2.42 bits per heavy atom. The van der Waals surface area contributed by atoms with Gasteiger partial charge >= 0.3 is 12.0 Å². The Labute approximate surface area is 112 Å². The Bertz CT molecular complexity index is 366. The Balaban J connectivity index is 2.47. The van der Waals surface area contributed by atoms with Gasteiger partial charge in [0.05, 0.1) is 5.41 Å². The lowest BCUT2D eigenvalue weighted by Crippen LogP contribution is -2.47. The first-order valence-electron chi connectivity index (χ1n) is 6.46. The molecule has 0 aromatic heterocycles. The van der Waals surface area contributed by atoms with Crippen LogP contribution in [0.15, 0.2) is 0 Å². The number of nitrogens with two attached hydrogens (primary N) is 1. The second-order valence-corrected chi connectivity index (χ2v) is 4.99. The molecule has 0 bridgehead atoms. The smallest absolute Gasteiger partial charge is 0.317 e. The van der Waals surface area contributed by atoms with Gasteiger partial charge in [-0.25, -0.2) is 4.79 Å². The first-order chi connectivity index (χ1) is 8.91. The van der Waals surface area contributed by atoms with Gasteiger partial charge in [-0.05, 0) is 19.3 Å². The summed E-state index contributed by atoms with van der Waals surface area (Å²) in [5.74, 6) is -1.46. The van der Waals surface area contributed by atoms with Gasteiger partial charge in [-0.2, -0.15) is 0 Å². The molecule has 3 amide bonds. The van der Waals surface area contributed by atoms with Crippen molar-refractivity contribution in [1.29, 1.82) is 0 Å². The summed E-state index contributed by atoms with van der Waals surface area (Å²) >= 11 is 0. The molecule has 7 heteroatoms. The number of amides is 3. The van der Waals surface area contributed by atoms with Gasteiger partial charge in [0.1, 0.15) is 6.54 Å². The zero-order chi connectivity index (χ0) is 14.5. The number of carboxylic acid groups (broad SMARTS) is 1. The van der Waals surface area contributed by atoms with Crippen LogP contribution in [0.2, 0.25) is 0 Å². The van der Waals surface area contributed by atoms with Gasteiger partial charge in [-0.15, -0.1) is 0 Å². The molecule has 1 aliphatic rings. The molecule has 0 aliphatic heterocycles. The molecule has 108 valence electrons. The standard InChI is InChI=1S/C12H21N3O4/c1-2-3-6-15(7-9(13)16)11(19)14-8-12(4-5-12)10(17)18/h2-8H2,1H3,(H2,13,16)(H,14,19)(H,17,18). The minimum Gasteiger partial charge on any atom is -0.481 e. The highest BCUT2D eigenvalue weighted by molar-refractivity contribution is 5.84. The molecular formula is C12H21N3O4. The summed E-state index contributed by atoms with van der Waals surface area (Å²) in [5, 5.41) is 11.6. The van der Waals surface area contributed by atoms with E-state index in [0.29, 0.717) is 19.4 Å². The largest absolute Gasteiger partial charge is 0.481 e. The van der Waals surface area contributed by atoms with Gasteiger partial charge < -0.3 is 21.1 Å². The maximum Gasteiger partial charge on any atom is 0.317 e. The molecule has 0 aromatic rings. The summed E-state index contributed by atoms with van der Waals surface area (Å²) in [6.45, 7) is 2.36. The number of carbonyl (C=O) groups excluding carboxylic acids is 2. The van der Waals surface area contributed by atoms with Crippen molar-refractivity contribution in [2.45, 2.75) is 32.6 Å². The fourth-order valence-electron chi connectivity index (χ4n) is 1.76. The van der Waals surface area contributed by atoms with E-state index in [2.05, 4.69) is 5.32 Å². The molecule has 0 radical (unpaired) electrons. The number of hydrogen-bond donors (Lipinski definition) is 3. The summed E-state index contributed by atoms with van der Waals surface area (Å²) in [5.41, 5.74) is 4.28. The number of nitrogens with one attached hydrogen (secondary N) is 1. The van der Waals surface area contributed by atoms with Gasteiger partial charge in [0.15, 0.2) is 0 Å². The molecule has 4 N–H and O–H groups in total. The van der Waals surface area contributed by atoms with Gasteiger partial charge in [-0.3, -0.25) is 9.59 Å². The number of hydrogen-bond acceptors (Lipinski definition) is 3. The van der Waals surface area contributed by atoms with Crippen LogP contribution in [0, 0.1) is 5.41 Å². The molecule has 0 heterocycles. The van der Waals surface area contributed by atoms with Gasteiger partial charge in [0.25, 0.3) is 0 Å². The average Bonchev–Trinajstić information content (AvgIpc) is 3.12. The Hall–Kier alpha value is -1.79. The van der Waals surface area contributed by atoms with Crippen LogP contribution < -0.4 is 11.1 Å². The molecular weight excluding hydrogens is 250 g/mol. The van der Waals surface area contributed by atoms with E-state index in [9.17, 15) is 14.4 Å². The zero-order valence-electron chi connectivity index (χ0n) is 11.1. The zero-order valence-corrected chi connectivity index (χ0v) is 11.1. The molecule has 0 spiro atoms. The third kappa shape index (κ3) is 4.42. The van der Waals surface area contributed by atoms with E-state index in [1.807, 2.05) is 6.92 Å². The molecule has 1 rings (SSSR count). The Kier molecular flexibility index (Phi) is 5.14. The van der Waals surface area contributed by atoms with Crippen molar-refractivity contribution in [3.63, 3.8) is 0 Å². The molecule has 1 fully saturated rings. The van der Waals surface area contributed by atoms with E-state index in [1.165, 1.54) is 4.90 Å². The Morgan fingerprint density at radius 2 is 2.00 bits per heavy atom. The van der Waals surface area contributed by atoms with Crippen molar-refractivity contribution in [3.05, 3.63) is 0 Å². The highest BCUT2D eigenvalue weighted by Gasteiger charge is 2.50. The summed E-state index contributed by atoms with van der Waals surface area (Å²) in [7, 11) is 0. The van der Waals surface area contributed by atoms with Gasteiger partial charge in [0.2, 0.25) is 5.91 Å². The molecule has 19 heavy (non-hydrogen) atoms. The highest BCUT2D eigenvalue weighted by Crippen LogP contribution is 2.45. The predicted octanol–water partition coefficient (Wildman–Crippen LogP) is 0.148. The maximum absolute atomic E-state index is 11.9. The second-order valence-electron chi connectivity index (χ2n) is 4.99. The fraction of sp³-hybridized carbons (Fsp3) is 0.750. The van der Waals surface area contributed by atoms with Crippen molar-refractivity contribution in [2.24, 2.45) is 11.1 Å². The van der Waals surface area contributed by atoms with Crippen molar-refractivity contribution < 1.29 is 19.5 Å². The number of primary amides is 1. The number of unbranched alkanes of at least 4 members (excludes halogenated alkanes) is 1. The third-order valence-corrected chi connectivity index (χ3v) is 3.30. The van der Waals surface area contributed by atoms with Crippen LogP contribution in [0.4, 0.5) is 4.79 Å². The van der Waals surface area contributed by atoms with Crippen LogP contribution in [0.25, 0.3) is 0 Å². The summed E-state index contributed by atoms with van der Waals surface area (Å²) in [6, 6.07) is -0.431. The summed E-state index contributed by atoms with van der Waals surface area (Å²) in [4.78, 5) is 35.1. The number of rotatable bonds is 8. The predicted molar refractivity (Wildman–Crippen MR) is 68.4 cm³/mol. The van der Waals surface area contributed by atoms with E-state index in [0.717, 1.165) is 12.8 Å². The first-order valence-corrected chi connectivity index (χ1v) is 6.46. The lowest BCUT2D eigenvalue weighted by molar-refractivity contribution is -0.143. The molecule has 0 saturated heterocycles. The second kappa shape index (κ2) is 6.40. The van der Waals surface area contributed by atoms with Crippen LogP contribution >= 0.6 is 0 Å². The molecule has 1 aliphatic carbocycles. The first kappa shape index (κ1) is 15.3.